The Labute approximate surface area is 162 Å². The summed E-state index contributed by atoms with van der Waals surface area (Å²) in [7, 11) is 0. The molecule has 5 nitrogen and oxygen atoms in total. The van der Waals surface area contributed by atoms with Gasteiger partial charge < -0.3 is 5.11 Å². The predicted octanol–water partition coefficient (Wildman–Crippen LogP) is 4.54. The van der Waals surface area contributed by atoms with Gasteiger partial charge in [-0.15, -0.1) is 0 Å². The number of aromatic nitrogens is 3. The van der Waals surface area contributed by atoms with Gasteiger partial charge in [-0.25, -0.2) is 4.68 Å². The van der Waals surface area contributed by atoms with E-state index in [1.54, 1.807) is 35.3 Å². The minimum absolute atomic E-state index is 0.129. The standard InChI is InChI=1S/C23H17N3O2/c27-21-9-6-17(7-10-21)22(28)11-8-19-16-26(20-4-2-1-3-5-20)25-23(19)18-12-14-24-15-13-18/h1-16,27H/b11-8+. The highest BCUT2D eigenvalue weighted by Gasteiger charge is 2.11. The first-order valence-electron chi connectivity index (χ1n) is 8.77. The van der Waals surface area contributed by atoms with E-state index in [-0.39, 0.29) is 11.5 Å². The van der Waals surface area contributed by atoms with Crippen molar-refractivity contribution in [3.05, 3.63) is 103 Å². The van der Waals surface area contributed by atoms with Crippen molar-refractivity contribution >= 4 is 11.9 Å². The summed E-state index contributed by atoms with van der Waals surface area (Å²) in [6.45, 7) is 0. The fraction of sp³-hybridized carbons (Fsp3) is 0. The van der Waals surface area contributed by atoms with Crippen molar-refractivity contribution in [2.75, 3.05) is 0 Å². The van der Waals surface area contributed by atoms with Crippen LogP contribution in [-0.2, 0) is 0 Å². The summed E-state index contributed by atoms with van der Waals surface area (Å²) in [6, 6.07) is 19.8. The van der Waals surface area contributed by atoms with Gasteiger partial charge in [0.05, 0.1) is 5.69 Å². The maximum Gasteiger partial charge on any atom is 0.185 e. The number of pyridine rings is 1. The molecule has 0 amide bonds. The molecular formula is C23H17N3O2. The van der Waals surface area contributed by atoms with E-state index in [9.17, 15) is 9.90 Å². The summed E-state index contributed by atoms with van der Waals surface area (Å²) in [5.41, 5.74) is 3.95. The van der Waals surface area contributed by atoms with Gasteiger partial charge >= 0.3 is 0 Å². The first-order chi connectivity index (χ1) is 13.7. The molecule has 0 spiro atoms. The second kappa shape index (κ2) is 7.72. The molecule has 5 heteroatoms. The molecule has 0 unspecified atom stereocenters. The molecule has 0 aliphatic heterocycles. The molecule has 0 radical (unpaired) electrons. The van der Waals surface area contributed by atoms with Crippen molar-refractivity contribution in [2.24, 2.45) is 0 Å². The number of phenols is 1. The minimum atomic E-state index is -0.145. The van der Waals surface area contributed by atoms with E-state index in [2.05, 4.69) is 4.98 Å². The van der Waals surface area contributed by atoms with Crippen molar-refractivity contribution in [3.8, 4) is 22.7 Å². The molecule has 2 heterocycles. The number of benzene rings is 2. The fourth-order valence-corrected chi connectivity index (χ4v) is 2.84. The van der Waals surface area contributed by atoms with E-state index >= 15 is 0 Å². The van der Waals surface area contributed by atoms with Crippen LogP contribution in [0, 0.1) is 0 Å². The molecule has 2 aromatic heterocycles. The Hall–Kier alpha value is -3.99. The highest BCUT2D eigenvalue weighted by atomic mass is 16.3. The van der Waals surface area contributed by atoms with Crippen LogP contribution >= 0.6 is 0 Å². The summed E-state index contributed by atoms with van der Waals surface area (Å²) in [6.07, 6.45) is 8.60. The Morgan fingerprint density at radius 3 is 2.36 bits per heavy atom. The monoisotopic (exact) mass is 367 g/mol. The molecule has 2 aromatic carbocycles. The second-order valence-electron chi connectivity index (χ2n) is 6.19. The second-order valence-corrected chi connectivity index (χ2v) is 6.19. The molecule has 0 aliphatic carbocycles. The number of phenolic OH excluding ortho intramolecular Hbond substituents is 1. The molecule has 28 heavy (non-hydrogen) atoms. The Kier molecular flexibility index (Phi) is 4.80. The van der Waals surface area contributed by atoms with Gasteiger partial charge in [-0.05, 0) is 60.7 Å². The van der Waals surface area contributed by atoms with E-state index in [1.807, 2.05) is 48.7 Å². The highest BCUT2D eigenvalue weighted by Crippen LogP contribution is 2.24. The molecule has 0 aliphatic rings. The first kappa shape index (κ1) is 17.4. The molecule has 4 rings (SSSR count). The van der Waals surface area contributed by atoms with Crippen molar-refractivity contribution in [2.45, 2.75) is 0 Å². The van der Waals surface area contributed by atoms with Crippen molar-refractivity contribution in [3.63, 3.8) is 0 Å². The number of ketones is 1. The number of hydrogen-bond donors (Lipinski definition) is 1. The SMILES string of the molecule is O=C(/C=C/c1cn(-c2ccccc2)nc1-c1ccncc1)c1ccc(O)cc1. The number of rotatable bonds is 5. The summed E-state index contributed by atoms with van der Waals surface area (Å²) in [5.74, 6) is -0.0159. The topological polar surface area (TPSA) is 68.0 Å². The van der Waals surface area contributed by atoms with Crippen LogP contribution in [0.25, 0.3) is 23.0 Å². The van der Waals surface area contributed by atoms with Gasteiger partial charge in [0.1, 0.15) is 11.4 Å². The molecule has 0 saturated heterocycles. The predicted molar refractivity (Wildman–Crippen MR) is 108 cm³/mol. The summed E-state index contributed by atoms with van der Waals surface area (Å²) < 4.78 is 1.79. The van der Waals surface area contributed by atoms with Gasteiger partial charge in [-0.2, -0.15) is 5.10 Å². The Balaban J connectivity index is 1.71. The average Bonchev–Trinajstić information content (AvgIpc) is 3.18. The van der Waals surface area contributed by atoms with Crippen molar-refractivity contribution in [1.82, 2.24) is 14.8 Å². The Morgan fingerprint density at radius 1 is 0.929 bits per heavy atom. The van der Waals surface area contributed by atoms with Crippen LogP contribution in [0.15, 0.2) is 91.4 Å². The van der Waals surface area contributed by atoms with E-state index in [0.29, 0.717) is 5.56 Å². The molecule has 1 N–H and O–H groups in total. The van der Waals surface area contributed by atoms with Crippen LogP contribution in [-0.4, -0.2) is 25.7 Å². The number of hydrogen-bond acceptors (Lipinski definition) is 4. The lowest BCUT2D eigenvalue weighted by Gasteiger charge is -2.00. The molecule has 0 bridgehead atoms. The van der Waals surface area contributed by atoms with Crippen LogP contribution in [0.1, 0.15) is 15.9 Å². The largest absolute Gasteiger partial charge is 0.508 e. The number of nitrogens with zero attached hydrogens (tertiary/aromatic N) is 3. The van der Waals surface area contributed by atoms with Crippen molar-refractivity contribution in [1.29, 1.82) is 0 Å². The molecule has 0 fully saturated rings. The zero-order valence-corrected chi connectivity index (χ0v) is 14.9. The normalized spacial score (nSPS) is 11.0. The maximum absolute atomic E-state index is 12.4. The first-order valence-corrected chi connectivity index (χ1v) is 8.77. The third-order valence-electron chi connectivity index (χ3n) is 4.28. The van der Waals surface area contributed by atoms with Crippen LogP contribution in [0.4, 0.5) is 0 Å². The number of para-hydroxylation sites is 1. The number of aromatic hydroxyl groups is 1. The molecule has 0 atom stereocenters. The molecule has 136 valence electrons. The third kappa shape index (κ3) is 3.73. The van der Waals surface area contributed by atoms with E-state index < -0.39 is 0 Å². The fourth-order valence-electron chi connectivity index (χ4n) is 2.84. The zero-order chi connectivity index (χ0) is 19.3. The zero-order valence-electron chi connectivity index (χ0n) is 14.9. The van der Waals surface area contributed by atoms with Gasteiger partial charge in [0.15, 0.2) is 5.78 Å². The number of allylic oxidation sites excluding steroid dienone is 1. The summed E-state index contributed by atoms with van der Waals surface area (Å²) in [5, 5.41) is 14.1. The summed E-state index contributed by atoms with van der Waals surface area (Å²) >= 11 is 0. The Bertz CT molecular complexity index is 1120. The lowest BCUT2D eigenvalue weighted by Crippen LogP contribution is -1.93. The lowest BCUT2D eigenvalue weighted by molar-refractivity contribution is 0.104. The van der Waals surface area contributed by atoms with E-state index in [4.69, 9.17) is 5.10 Å². The van der Waals surface area contributed by atoms with Crippen LogP contribution in [0.3, 0.4) is 0 Å². The van der Waals surface area contributed by atoms with Gasteiger partial charge in [0.2, 0.25) is 0 Å². The van der Waals surface area contributed by atoms with Gasteiger partial charge in [0.25, 0.3) is 0 Å². The third-order valence-corrected chi connectivity index (χ3v) is 4.28. The highest BCUT2D eigenvalue weighted by molar-refractivity contribution is 6.07. The van der Waals surface area contributed by atoms with Crippen LogP contribution in [0.2, 0.25) is 0 Å². The average molecular weight is 367 g/mol. The van der Waals surface area contributed by atoms with Crippen LogP contribution < -0.4 is 0 Å². The number of carbonyl (C=O) groups excluding carboxylic acids is 1. The van der Waals surface area contributed by atoms with Crippen LogP contribution in [0.5, 0.6) is 5.75 Å². The Morgan fingerprint density at radius 2 is 1.64 bits per heavy atom. The smallest absolute Gasteiger partial charge is 0.185 e. The molecule has 0 saturated carbocycles. The summed E-state index contributed by atoms with van der Waals surface area (Å²) in [4.78, 5) is 16.5. The lowest BCUT2D eigenvalue weighted by atomic mass is 10.1. The van der Waals surface area contributed by atoms with E-state index in [0.717, 1.165) is 22.5 Å². The molecule has 4 aromatic rings. The van der Waals surface area contributed by atoms with Gasteiger partial charge in [-0.1, -0.05) is 18.2 Å². The van der Waals surface area contributed by atoms with Crippen molar-refractivity contribution < 1.29 is 9.90 Å². The van der Waals surface area contributed by atoms with Gasteiger partial charge in [-0.3, -0.25) is 9.78 Å². The maximum atomic E-state index is 12.4. The number of carbonyl (C=O) groups is 1. The molecular weight excluding hydrogens is 350 g/mol. The van der Waals surface area contributed by atoms with E-state index in [1.165, 1.54) is 18.2 Å². The minimum Gasteiger partial charge on any atom is -0.508 e. The van der Waals surface area contributed by atoms with Gasteiger partial charge in [0, 0.05) is 35.3 Å². The quantitative estimate of drug-likeness (QED) is 0.415.